The van der Waals surface area contributed by atoms with Crippen LogP contribution in [-0.4, -0.2) is 30.0 Å². The quantitative estimate of drug-likeness (QED) is 0.797. The van der Waals surface area contributed by atoms with Gasteiger partial charge >= 0.3 is 6.09 Å². The first-order chi connectivity index (χ1) is 10.2. The highest BCUT2D eigenvalue weighted by Gasteiger charge is 2.17. The number of carbonyl (C=O) groups is 1. The molecule has 0 bridgehead atoms. The average Bonchev–Trinajstić information content (AvgIpc) is 2.39. The second-order valence-electron chi connectivity index (χ2n) is 6.21. The van der Waals surface area contributed by atoms with Crippen LogP contribution < -0.4 is 5.32 Å². The Morgan fingerprint density at radius 2 is 2.14 bits per heavy atom. The first-order valence-electron chi connectivity index (χ1n) is 7.23. The number of carbonyl (C=O) groups excluding carboxylic acids is 1. The van der Waals surface area contributed by atoms with Gasteiger partial charge in [-0.1, -0.05) is 15.9 Å². The predicted molar refractivity (Wildman–Crippen MR) is 87.2 cm³/mol. The fraction of sp³-hybridized carbons (Fsp3) is 0.562. The maximum Gasteiger partial charge on any atom is 0.407 e. The molecule has 0 saturated heterocycles. The van der Waals surface area contributed by atoms with E-state index in [1.54, 1.807) is 32.9 Å². The van der Waals surface area contributed by atoms with E-state index >= 15 is 0 Å². The molecule has 0 fully saturated rings. The third-order valence-electron chi connectivity index (χ3n) is 3.00. The van der Waals surface area contributed by atoms with Crippen molar-refractivity contribution in [2.45, 2.75) is 39.2 Å². The molecule has 1 rings (SSSR count). The van der Waals surface area contributed by atoms with Crippen LogP contribution in [-0.2, 0) is 11.2 Å². The number of hydrogen-bond acceptors (Lipinski definition) is 3. The summed E-state index contributed by atoms with van der Waals surface area (Å²) in [5, 5.41) is 12.1. The predicted octanol–water partition coefficient (Wildman–Crippen LogP) is 3.65. The molecule has 2 N–H and O–H groups in total. The number of benzene rings is 1. The minimum Gasteiger partial charge on any atom is -0.444 e. The van der Waals surface area contributed by atoms with E-state index in [0.29, 0.717) is 24.9 Å². The molecule has 0 aromatic heterocycles. The van der Waals surface area contributed by atoms with Crippen LogP contribution in [0.5, 0.6) is 0 Å². The summed E-state index contributed by atoms with van der Waals surface area (Å²) in [4.78, 5) is 11.5. The minimum atomic E-state index is -0.542. The molecule has 0 heterocycles. The van der Waals surface area contributed by atoms with Gasteiger partial charge in [0.25, 0.3) is 0 Å². The lowest BCUT2D eigenvalue weighted by molar-refractivity contribution is 0.0522. The molecule has 1 aromatic rings. The highest BCUT2D eigenvalue weighted by molar-refractivity contribution is 9.10. The smallest absolute Gasteiger partial charge is 0.407 e. The van der Waals surface area contributed by atoms with E-state index in [0.717, 1.165) is 4.47 Å². The summed E-state index contributed by atoms with van der Waals surface area (Å²) in [6.45, 7) is 5.68. The molecular formula is C16H23BrFNO3. The monoisotopic (exact) mass is 375 g/mol. The Bertz CT molecular complexity index is 503. The fourth-order valence-corrected chi connectivity index (χ4v) is 2.37. The Hall–Kier alpha value is -1.14. The Labute approximate surface area is 139 Å². The number of alkyl carbamates (subject to hydrolysis) is 1. The summed E-state index contributed by atoms with van der Waals surface area (Å²) in [6.07, 6.45) is 0.470. The molecule has 4 nitrogen and oxygen atoms in total. The van der Waals surface area contributed by atoms with Crippen LogP contribution >= 0.6 is 15.9 Å². The Morgan fingerprint density at radius 3 is 2.73 bits per heavy atom. The molecule has 124 valence electrons. The third kappa shape index (κ3) is 7.22. The molecule has 22 heavy (non-hydrogen) atoms. The van der Waals surface area contributed by atoms with E-state index in [1.165, 1.54) is 6.07 Å². The van der Waals surface area contributed by atoms with Crippen molar-refractivity contribution in [3.05, 3.63) is 34.1 Å². The van der Waals surface area contributed by atoms with E-state index in [9.17, 15) is 14.3 Å². The zero-order chi connectivity index (χ0) is 16.8. The van der Waals surface area contributed by atoms with Crippen molar-refractivity contribution in [2.75, 3.05) is 13.2 Å². The first kappa shape index (κ1) is 18.9. The molecule has 1 atom stereocenters. The van der Waals surface area contributed by atoms with Crippen molar-refractivity contribution in [3.8, 4) is 0 Å². The van der Waals surface area contributed by atoms with Gasteiger partial charge in [0, 0.05) is 17.6 Å². The van der Waals surface area contributed by atoms with Gasteiger partial charge < -0.3 is 15.2 Å². The van der Waals surface area contributed by atoms with Crippen molar-refractivity contribution in [3.63, 3.8) is 0 Å². The van der Waals surface area contributed by atoms with Gasteiger partial charge in [0.05, 0.1) is 0 Å². The summed E-state index contributed by atoms with van der Waals surface area (Å²) in [7, 11) is 0. The van der Waals surface area contributed by atoms with Gasteiger partial charge in [-0.05, 0) is 63.3 Å². The third-order valence-corrected chi connectivity index (χ3v) is 3.49. The van der Waals surface area contributed by atoms with E-state index in [-0.39, 0.29) is 18.3 Å². The summed E-state index contributed by atoms with van der Waals surface area (Å²) in [5.74, 6) is -0.416. The van der Waals surface area contributed by atoms with Gasteiger partial charge in [0.15, 0.2) is 0 Å². The number of halogens is 2. The molecule has 0 spiro atoms. The highest BCUT2D eigenvalue weighted by atomic mass is 79.9. The number of nitrogens with one attached hydrogen (secondary N) is 1. The molecule has 1 aromatic carbocycles. The number of aliphatic hydroxyl groups excluding tert-OH is 1. The molecular weight excluding hydrogens is 353 g/mol. The van der Waals surface area contributed by atoms with E-state index < -0.39 is 11.7 Å². The van der Waals surface area contributed by atoms with E-state index in [2.05, 4.69) is 21.2 Å². The minimum absolute atomic E-state index is 0.0675. The SMILES string of the molecule is CC(C)(C)OC(=O)NCC[C@@H](CO)Cc1cc(Br)ccc1F. The first-order valence-corrected chi connectivity index (χ1v) is 8.02. The van der Waals surface area contributed by atoms with Gasteiger partial charge in [0.1, 0.15) is 11.4 Å². The Balaban J connectivity index is 2.46. The summed E-state index contributed by atoms with van der Waals surface area (Å²) < 4.78 is 19.6. The van der Waals surface area contributed by atoms with E-state index in [1.807, 2.05) is 0 Å². The van der Waals surface area contributed by atoms with Gasteiger partial charge in [-0.2, -0.15) is 0 Å². The van der Waals surface area contributed by atoms with Crippen LogP contribution in [0, 0.1) is 11.7 Å². The molecule has 0 saturated carbocycles. The summed E-state index contributed by atoms with van der Waals surface area (Å²) in [6, 6.07) is 4.74. The fourth-order valence-electron chi connectivity index (χ4n) is 1.96. The van der Waals surface area contributed by atoms with Crippen LogP contribution in [0.25, 0.3) is 0 Å². The Morgan fingerprint density at radius 1 is 1.45 bits per heavy atom. The summed E-state index contributed by atoms with van der Waals surface area (Å²) >= 11 is 3.31. The van der Waals surface area contributed by atoms with Gasteiger partial charge in [-0.15, -0.1) is 0 Å². The Kier molecular flexibility index (Phi) is 7.29. The van der Waals surface area contributed by atoms with Crippen LogP contribution in [0.3, 0.4) is 0 Å². The largest absolute Gasteiger partial charge is 0.444 e. The van der Waals surface area contributed by atoms with Crippen molar-refractivity contribution >= 4 is 22.0 Å². The van der Waals surface area contributed by atoms with Crippen molar-refractivity contribution in [1.82, 2.24) is 5.32 Å². The number of amides is 1. The molecule has 0 aliphatic carbocycles. The molecule has 6 heteroatoms. The van der Waals surface area contributed by atoms with Crippen molar-refractivity contribution in [2.24, 2.45) is 5.92 Å². The number of rotatable bonds is 6. The highest BCUT2D eigenvalue weighted by Crippen LogP contribution is 2.20. The molecule has 1 amide bonds. The average molecular weight is 376 g/mol. The topological polar surface area (TPSA) is 58.6 Å². The van der Waals surface area contributed by atoms with Gasteiger partial charge in [0.2, 0.25) is 0 Å². The maximum atomic E-state index is 13.7. The van der Waals surface area contributed by atoms with Crippen LogP contribution in [0.1, 0.15) is 32.8 Å². The normalized spacial score (nSPS) is 12.8. The van der Waals surface area contributed by atoms with Crippen LogP contribution in [0.2, 0.25) is 0 Å². The van der Waals surface area contributed by atoms with E-state index in [4.69, 9.17) is 4.74 Å². The van der Waals surface area contributed by atoms with Crippen LogP contribution in [0.4, 0.5) is 9.18 Å². The standard InChI is InChI=1S/C16H23BrFNO3/c1-16(2,3)22-15(21)19-7-6-11(10-20)8-12-9-13(17)4-5-14(12)18/h4-5,9,11,20H,6-8,10H2,1-3H3,(H,19,21)/t11-/m1/s1. The summed E-state index contributed by atoms with van der Waals surface area (Å²) in [5.41, 5.74) is 0.00518. The molecule has 0 aliphatic heterocycles. The zero-order valence-corrected chi connectivity index (χ0v) is 14.7. The number of aliphatic hydroxyl groups is 1. The molecule has 0 unspecified atom stereocenters. The second-order valence-corrected chi connectivity index (χ2v) is 7.12. The lowest BCUT2D eigenvalue weighted by Gasteiger charge is -2.20. The second kappa shape index (κ2) is 8.48. The lowest BCUT2D eigenvalue weighted by atomic mass is 9.96. The molecule has 0 aliphatic rings. The van der Waals surface area contributed by atoms with Gasteiger partial charge in [-0.3, -0.25) is 0 Å². The van der Waals surface area contributed by atoms with Gasteiger partial charge in [-0.25, -0.2) is 9.18 Å². The van der Waals surface area contributed by atoms with Crippen molar-refractivity contribution < 1.29 is 19.0 Å². The van der Waals surface area contributed by atoms with Crippen LogP contribution in [0.15, 0.2) is 22.7 Å². The van der Waals surface area contributed by atoms with Crippen molar-refractivity contribution in [1.29, 1.82) is 0 Å². The molecule has 0 radical (unpaired) electrons. The zero-order valence-electron chi connectivity index (χ0n) is 13.2. The lowest BCUT2D eigenvalue weighted by Crippen LogP contribution is -2.34. The number of ether oxygens (including phenoxy) is 1. The maximum absolute atomic E-state index is 13.7. The number of hydrogen-bond donors (Lipinski definition) is 2.